The first-order valence-electron chi connectivity index (χ1n) is 6.06. The van der Waals surface area contributed by atoms with Gasteiger partial charge in [-0.3, -0.25) is 4.98 Å². The molecule has 0 aliphatic rings. The van der Waals surface area contributed by atoms with Crippen molar-refractivity contribution in [1.82, 2.24) is 4.98 Å². The van der Waals surface area contributed by atoms with Gasteiger partial charge in [-0.25, -0.2) is 0 Å². The highest BCUT2D eigenvalue weighted by atomic mass is 19.4. The molecule has 0 bridgehead atoms. The van der Waals surface area contributed by atoms with Crippen molar-refractivity contribution in [3.63, 3.8) is 0 Å². The molecule has 3 nitrogen and oxygen atoms in total. The summed E-state index contributed by atoms with van der Waals surface area (Å²) in [5.74, 6) is 0. The lowest BCUT2D eigenvalue weighted by molar-refractivity contribution is -0.136. The Morgan fingerprint density at radius 3 is 2.65 bits per heavy atom. The van der Waals surface area contributed by atoms with Crippen molar-refractivity contribution in [1.29, 1.82) is 0 Å². The van der Waals surface area contributed by atoms with Crippen molar-refractivity contribution in [2.24, 2.45) is 0 Å². The van der Waals surface area contributed by atoms with Gasteiger partial charge in [0.05, 0.1) is 5.56 Å². The highest BCUT2D eigenvalue weighted by Crippen LogP contribution is 2.35. The van der Waals surface area contributed by atoms with Crippen LogP contribution in [0.15, 0.2) is 42.7 Å². The van der Waals surface area contributed by atoms with E-state index in [1.54, 1.807) is 18.5 Å². The Morgan fingerprint density at radius 2 is 2.00 bits per heavy atom. The van der Waals surface area contributed by atoms with Crippen molar-refractivity contribution >= 4 is 11.4 Å². The fourth-order valence-corrected chi connectivity index (χ4v) is 1.84. The molecule has 3 N–H and O–H groups in total. The number of pyridine rings is 1. The molecule has 0 saturated heterocycles. The molecule has 0 atom stereocenters. The number of hydrogen-bond acceptors (Lipinski definition) is 3. The Balaban J connectivity index is 2.06. The number of hydrogen-bond donors (Lipinski definition) is 2. The van der Waals surface area contributed by atoms with E-state index in [1.165, 1.54) is 12.1 Å². The predicted molar refractivity (Wildman–Crippen MR) is 72.3 cm³/mol. The summed E-state index contributed by atoms with van der Waals surface area (Å²) in [6.07, 6.45) is -0.491. The average Bonchev–Trinajstić information content (AvgIpc) is 2.40. The fourth-order valence-electron chi connectivity index (χ4n) is 1.84. The summed E-state index contributed by atoms with van der Waals surface area (Å²) in [4.78, 5) is 3.95. The van der Waals surface area contributed by atoms with Crippen molar-refractivity contribution < 1.29 is 13.2 Å². The highest BCUT2D eigenvalue weighted by molar-refractivity contribution is 5.59. The Bertz CT molecular complexity index is 568. The molecule has 6 heteroatoms. The van der Waals surface area contributed by atoms with Crippen LogP contribution in [0.5, 0.6) is 0 Å². The fraction of sp³-hybridized carbons (Fsp3) is 0.214. The van der Waals surface area contributed by atoms with Crippen LogP contribution in [0.1, 0.15) is 11.1 Å². The van der Waals surface area contributed by atoms with Gasteiger partial charge in [-0.05, 0) is 36.2 Å². The Morgan fingerprint density at radius 1 is 1.20 bits per heavy atom. The zero-order valence-corrected chi connectivity index (χ0v) is 10.6. The highest BCUT2D eigenvalue weighted by Gasteiger charge is 2.33. The molecule has 2 rings (SSSR count). The number of halogens is 3. The van der Waals surface area contributed by atoms with Gasteiger partial charge in [0, 0.05) is 30.3 Å². The number of rotatable bonds is 4. The molecule has 0 fully saturated rings. The van der Waals surface area contributed by atoms with Gasteiger partial charge in [0.2, 0.25) is 0 Å². The molecule has 0 aliphatic carbocycles. The molecule has 1 heterocycles. The summed E-state index contributed by atoms with van der Waals surface area (Å²) in [7, 11) is 0. The van der Waals surface area contributed by atoms with Gasteiger partial charge in [-0.1, -0.05) is 6.07 Å². The van der Waals surface area contributed by atoms with Crippen LogP contribution in [0, 0.1) is 0 Å². The largest absolute Gasteiger partial charge is 0.418 e. The minimum absolute atomic E-state index is 0.0376. The Labute approximate surface area is 114 Å². The zero-order chi connectivity index (χ0) is 14.6. The summed E-state index contributed by atoms with van der Waals surface area (Å²) in [5, 5.41) is 2.79. The van der Waals surface area contributed by atoms with Crippen LogP contribution in [-0.4, -0.2) is 11.5 Å². The number of benzene rings is 1. The van der Waals surface area contributed by atoms with Crippen molar-refractivity contribution in [3.05, 3.63) is 53.9 Å². The lowest BCUT2D eigenvalue weighted by Gasteiger charge is -2.15. The van der Waals surface area contributed by atoms with Crippen LogP contribution in [-0.2, 0) is 12.6 Å². The lowest BCUT2D eigenvalue weighted by atomic mass is 10.1. The molecular formula is C14H14F3N3. The number of nitrogens with one attached hydrogen (secondary N) is 1. The van der Waals surface area contributed by atoms with E-state index in [1.807, 2.05) is 6.07 Å². The van der Waals surface area contributed by atoms with Crippen LogP contribution in [0.25, 0.3) is 0 Å². The molecule has 1 aromatic heterocycles. The number of aromatic nitrogens is 1. The van der Waals surface area contributed by atoms with E-state index in [9.17, 15) is 13.2 Å². The average molecular weight is 281 g/mol. The van der Waals surface area contributed by atoms with Gasteiger partial charge >= 0.3 is 6.18 Å². The molecule has 0 aliphatic heterocycles. The van der Waals surface area contributed by atoms with E-state index in [0.29, 0.717) is 13.0 Å². The van der Waals surface area contributed by atoms with E-state index in [4.69, 9.17) is 5.73 Å². The van der Waals surface area contributed by atoms with Crippen LogP contribution in [0.4, 0.5) is 24.5 Å². The van der Waals surface area contributed by atoms with Gasteiger partial charge in [0.15, 0.2) is 0 Å². The predicted octanol–water partition coefficient (Wildman–Crippen LogP) is 3.34. The first-order valence-corrected chi connectivity index (χ1v) is 6.06. The maximum absolute atomic E-state index is 12.9. The van der Waals surface area contributed by atoms with E-state index in [2.05, 4.69) is 10.3 Å². The van der Waals surface area contributed by atoms with Crippen LogP contribution in [0.3, 0.4) is 0 Å². The van der Waals surface area contributed by atoms with E-state index < -0.39 is 11.7 Å². The smallest absolute Gasteiger partial charge is 0.399 e. The maximum Gasteiger partial charge on any atom is 0.418 e. The number of nitrogen functional groups attached to an aromatic ring is 1. The topological polar surface area (TPSA) is 50.9 Å². The summed E-state index contributed by atoms with van der Waals surface area (Å²) in [6, 6.07) is 7.40. The first kappa shape index (κ1) is 14.2. The normalized spacial score (nSPS) is 11.3. The molecule has 0 unspecified atom stereocenters. The monoisotopic (exact) mass is 281 g/mol. The van der Waals surface area contributed by atoms with Crippen molar-refractivity contribution in [3.8, 4) is 0 Å². The van der Waals surface area contributed by atoms with Crippen molar-refractivity contribution in [2.75, 3.05) is 17.6 Å². The van der Waals surface area contributed by atoms with Gasteiger partial charge in [0.1, 0.15) is 0 Å². The van der Waals surface area contributed by atoms with E-state index >= 15 is 0 Å². The first-order chi connectivity index (χ1) is 9.47. The SMILES string of the molecule is Nc1ccc(NCCc2cccnc2)c(C(F)(F)F)c1. The van der Waals surface area contributed by atoms with Crippen molar-refractivity contribution in [2.45, 2.75) is 12.6 Å². The molecule has 0 saturated carbocycles. The second kappa shape index (κ2) is 5.81. The third kappa shape index (κ3) is 3.63. The molecule has 106 valence electrons. The zero-order valence-electron chi connectivity index (χ0n) is 10.6. The molecule has 0 amide bonds. The number of anilines is 2. The minimum Gasteiger partial charge on any atom is -0.399 e. The Hall–Kier alpha value is -2.24. The minimum atomic E-state index is -4.42. The lowest BCUT2D eigenvalue weighted by Crippen LogP contribution is -2.13. The number of nitrogens with two attached hydrogens (primary N) is 1. The molecule has 20 heavy (non-hydrogen) atoms. The molecular weight excluding hydrogens is 267 g/mol. The van der Waals surface area contributed by atoms with E-state index in [0.717, 1.165) is 11.6 Å². The molecule has 1 aromatic carbocycles. The van der Waals surface area contributed by atoms with E-state index in [-0.39, 0.29) is 11.4 Å². The third-order valence-electron chi connectivity index (χ3n) is 2.80. The van der Waals surface area contributed by atoms with Crippen LogP contribution >= 0.6 is 0 Å². The Kier molecular flexibility index (Phi) is 4.12. The quantitative estimate of drug-likeness (QED) is 0.845. The molecule has 0 spiro atoms. The molecule has 0 radical (unpaired) electrons. The number of alkyl halides is 3. The second-order valence-electron chi connectivity index (χ2n) is 4.34. The van der Waals surface area contributed by atoms with Crippen LogP contribution < -0.4 is 11.1 Å². The summed E-state index contributed by atoms with van der Waals surface area (Å²) >= 11 is 0. The van der Waals surface area contributed by atoms with Crippen LogP contribution in [0.2, 0.25) is 0 Å². The van der Waals surface area contributed by atoms with Gasteiger partial charge in [-0.2, -0.15) is 13.2 Å². The van der Waals surface area contributed by atoms with Gasteiger partial charge < -0.3 is 11.1 Å². The number of nitrogens with zero attached hydrogens (tertiary/aromatic N) is 1. The summed E-state index contributed by atoms with van der Waals surface area (Å²) < 4.78 is 38.6. The molecule has 2 aromatic rings. The van der Waals surface area contributed by atoms with Gasteiger partial charge in [-0.15, -0.1) is 0 Å². The third-order valence-corrected chi connectivity index (χ3v) is 2.80. The second-order valence-corrected chi connectivity index (χ2v) is 4.34. The maximum atomic E-state index is 12.9. The standard InChI is InChI=1S/C14H14F3N3/c15-14(16,17)12-8-11(18)3-4-13(12)20-7-5-10-2-1-6-19-9-10/h1-4,6,8-9,20H,5,7,18H2. The summed E-state index contributed by atoms with van der Waals surface area (Å²) in [6.45, 7) is 0.388. The van der Waals surface area contributed by atoms with Gasteiger partial charge in [0.25, 0.3) is 0 Å². The summed E-state index contributed by atoms with van der Waals surface area (Å²) in [5.41, 5.74) is 5.75.